The van der Waals surface area contributed by atoms with Gasteiger partial charge in [-0.3, -0.25) is 0 Å². The predicted octanol–water partition coefficient (Wildman–Crippen LogP) is 4.93. The molecule has 0 radical (unpaired) electrons. The van der Waals surface area contributed by atoms with Gasteiger partial charge in [0.15, 0.2) is 0 Å². The van der Waals surface area contributed by atoms with Crippen molar-refractivity contribution in [1.29, 1.82) is 0 Å². The lowest BCUT2D eigenvalue weighted by atomic mass is 10.3. The molecule has 0 aromatic heterocycles. The molecule has 0 amide bonds. The number of carbonyl (C=O) groups is 1. The van der Waals surface area contributed by atoms with Crippen LogP contribution in [0.4, 0.5) is 0 Å². The molecule has 1 atom stereocenters. The first-order valence-corrected chi connectivity index (χ1v) is 14.9. The van der Waals surface area contributed by atoms with Crippen LogP contribution in [0.5, 0.6) is 0 Å². The molecule has 0 aliphatic heterocycles. The molecule has 0 fully saturated rings. The molecule has 0 aromatic carbocycles. The van der Waals surface area contributed by atoms with Crippen molar-refractivity contribution in [2.75, 3.05) is 59.5 Å². The highest BCUT2D eigenvalue weighted by Crippen LogP contribution is 2.21. The van der Waals surface area contributed by atoms with Gasteiger partial charge in [-0.15, -0.1) is 0 Å². The molecule has 0 bridgehead atoms. The number of rotatable bonds is 26. The Kier molecular flexibility index (Phi) is 23.3. The van der Waals surface area contributed by atoms with Crippen molar-refractivity contribution < 1.29 is 37.0 Å². The molecular formula is C25H50O8Si. The van der Waals surface area contributed by atoms with E-state index in [1.165, 1.54) is 6.08 Å². The van der Waals surface area contributed by atoms with E-state index in [1.807, 2.05) is 6.92 Å². The van der Waals surface area contributed by atoms with E-state index in [0.29, 0.717) is 71.9 Å². The van der Waals surface area contributed by atoms with E-state index >= 15 is 0 Å². The van der Waals surface area contributed by atoms with Crippen LogP contribution in [0.3, 0.4) is 0 Å². The molecule has 9 heteroatoms. The summed E-state index contributed by atoms with van der Waals surface area (Å²) in [6, 6.07) is 0.511. The molecule has 0 rings (SSSR count). The van der Waals surface area contributed by atoms with E-state index in [9.17, 15) is 4.79 Å². The van der Waals surface area contributed by atoms with Gasteiger partial charge in [0.1, 0.15) is 0 Å². The molecule has 34 heavy (non-hydrogen) atoms. The van der Waals surface area contributed by atoms with Gasteiger partial charge in [-0.25, -0.2) is 4.79 Å². The summed E-state index contributed by atoms with van der Waals surface area (Å²) in [4.78, 5) is 11.6. The highest BCUT2D eigenvalue weighted by atomic mass is 28.4. The lowest BCUT2D eigenvalue weighted by Crippen LogP contribution is -2.48. The number of unbranched alkanes of at least 4 members (excludes halogenated alkanes) is 3. The Morgan fingerprint density at radius 2 is 1.15 bits per heavy atom. The molecule has 8 nitrogen and oxygen atoms in total. The van der Waals surface area contributed by atoms with Crippen LogP contribution in [0.1, 0.15) is 72.6 Å². The van der Waals surface area contributed by atoms with Gasteiger partial charge in [0, 0.05) is 31.9 Å². The molecule has 202 valence electrons. The number of hydrogen-bond acceptors (Lipinski definition) is 8. The van der Waals surface area contributed by atoms with Crippen LogP contribution in [-0.2, 0) is 37.0 Å². The lowest BCUT2D eigenvalue weighted by Gasteiger charge is -2.30. The molecule has 1 unspecified atom stereocenters. The zero-order valence-corrected chi connectivity index (χ0v) is 23.1. The minimum atomic E-state index is -3.08. The van der Waals surface area contributed by atoms with Gasteiger partial charge >= 0.3 is 14.8 Å². The van der Waals surface area contributed by atoms with Crippen LogP contribution in [0, 0.1) is 0 Å². The summed E-state index contributed by atoms with van der Waals surface area (Å²) >= 11 is 0. The van der Waals surface area contributed by atoms with Crippen LogP contribution in [0.25, 0.3) is 0 Å². The van der Waals surface area contributed by atoms with Crippen molar-refractivity contribution in [1.82, 2.24) is 0 Å². The molecule has 0 N–H and O–H groups in total. The third-order valence-electron chi connectivity index (χ3n) is 4.92. The van der Waals surface area contributed by atoms with Gasteiger partial charge in [0.25, 0.3) is 0 Å². The second kappa shape index (κ2) is 23.9. The van der Waals surface area contributed by atoms with Crippen LogP contribution in [0.2, 0.25) is 6.04 Å². The van der Waals surface area contributed by atoms with E-state index < -0.39 is 14.8 Å². The monoisotopic (exact) mass is 506 g/mol. The maximum absolute atomic E-state index is 11.6. The SMILES string of the molecule is C=CC(=O)OC(C)CC[Si](OCCOCCCC)(OCCOCCCC)OCCOCCCC. The fourth-order valence-electron chi connectivity index (χ4n) is 2.84. The van der Waals surface area contributed by atoms with Crippen LogP contribution >= 0.6 is 0 Å². The molecule has 0 aliphatic carbocycles. The Bertz CT molecular complexity index is 437. The van der Waals surface area contributed by atoms with Gasteiger partial charge in [-0.1, -0.05) is 46.6 Å². The maximum Gasteiger partial charge on any atom is 0.501 e. The molecule has 0 saturated carbocycles. The van der Waals surface area contributed by atoms with Crippen molar-refractivity contribution in [3.8, 4) is 0 Å². The zero-order valence-electron chi connectivity index (χ0n) is 22.1. The Morgan fingerprint density at radius 1 is 0.735 bits per heavy atom. The second-order valence-corrected chi connectivity index (χ2v) is 10.8. The first-order chi connectivity index (χ1) is 16.5. The maximum atomic E-state index is 11.6. The topological polar surface area (TPSA) is 81.7 Å². The summed E-state index contributed by atoms with van der Waals surface area (Å²) in [5.74, 6) is -0.444. The van der Waals surface area contributed by atoms with E-state index in [2.05, 4.69) is 27.4 Å². The quantitative estimate of drug-likeness (QED) is 0.0707. The van der Waals surface area contributed by atoms with E-state index in [1.54, 1.807) is 0 Å². The van der Waals surface area contributed by atoms with Crippen LogP contribution in [-0.4, -0.2) is 80.3 Å². The summed E-state index contributed by atoms with van der Waals surface area (Å²) in [5.41, 5.74) is 0. The highest BCUT2D eigenvalue weighted by Gasteiger charge is 2.41. The summed E-state index contributed by atoms with van der Waals surface area (Å²) < 4.78 is 41.0. The largest absolute Gasteiger partial charge is 0.501 e. The normalized spacial score (nSPS) is 12.6. The standard InChI is InChI=1S/C25H50O8Si/c1-6-10-14-27-17-20-30-34(31-21-18-28-15-11-7-2,32-22-19-29-16-12-8-3)23-13-24(5)33-25(26)9-4/h9,24H,4,6-8,10-23H2,1-3,5H3. The van der Waals surface area contributed by atoms with Gasteiger partial charge < -0.3 is 32.2 Å². The summed E-state index contributed by atoms with van der Waals surface area (Å²) in [7, 11) is -3.08. The third-order valence-corrected chi connectivity index (χ3v) is 7.75. The Balaban J connectivity index is 5.00. The van der Waals surface area contributed by atoms with Crippen molar-refractivity contribution in [3.05, 3.63) is 12.7 Å². The first-order valence-electron chi connectivity index (χ1n) is 13.0. The Morgan fingerprint density at radius 3 is 1.50 bits per heavy atom. The second-order valence-electron chi connectivity index (χ2n) is 8.12. The highest BCUT2D eigenvalue weighted by molar-refractivity contribution is 6.60. The molecule has 0 aromatic rings. The summed E-state index contributed by atoms with van der Waals surface area (Å²) in [6.07, 6.45) is 7.73. The van der Waals surface area contributed by atoms with Gasteiger partial charge in [0.2, 0.25) is 0 Å². The Labute approximate surface area is 209 Å². The van der Waals surface area contributed by atoms with E-state index in [0.717, 1.165) is 38.5 Å². The summed E-state index contributed by atoms with van der Waals surface area (Å²) in [5, 5.41) is 0. The van der Waals surface area contributed by atoms with E-state index in [-0.39, 0.29) is 6.10 Å². The van der Waals surface area contributed by atoms with Crippen molar-refractivity contribution in [2.45, 2.75) is 84.8 Å². The van der Waals surface area contributed by atoms with Crippen molar-refractivity contribution in [3.63, 3.8) is 0 Å². The number of carbonyl (C=O) groups excluding carboxylic acids is 1. The van der Waals surface area contributed by atoms with Gasteiger partial charge in [-0.05, 0) is 32.6 Å². The van der Waals surface area contributed by atoms with Crippen molar-refractivity contribution >= 4 is 14.8 Å². The molecule has 0 saturated heterocycles. The smallest absolute Gasteiger partial charge is 0.460 e. The zero-order chi connectivity index (χ0) is 25.3. The fourth-order valence-corrected chi connectivity index (χ4v) is 5.47. The molecule has 0 aliphatic rings. The fraction of sp³-hybridized carbons (Fsp3) is 0.880. The van der Waals surface area contributed by atoms with E-state index in [4.69, 9.17) is 32.2 Å². The van der Waals surface area contributed by atoms with Crippen LogP contribution in [0.15, 0.2) is 12.7 Å². The number of ether oxygens (including phenoxy) is 4. The first kappa shape index (κ1) is 33.2. The third kappa shape index (κ3) is 19.5. The van der Waals surface area contributed by atoms with Crippen LogP contribution < -0.4 is 0 Å². The number of hydrogen-bond donors (Lipinski definition) is 0. The Hall–Kier alpha value is -0.813. The predicted molar refractivity (Wildman–Crippen MR) is 136 cm³/mol. The minimum Gasteiger partial charge on any atom is -0.460 e. The summed E-state index contributed by atoms with van der Waals surface area (Å²) in [6.45, 7) is 16.4. The van der Waals surface area contributed by atoms with Gasteiger partial charge in [-0.2, -0.15) is 0 Å². The van der Waals surface area contributed by atoms with Gasteiger partial charge in [0.05, 0.1) is 45.7 Å². The minimum absolute atomic E-state index is 0.310. The van der Waals surface area contributed by atoms with Crippen molar-refractivity contribution in [2.24, 2.45) is 0 Å². The molecule has 0 heterocycles. The number of esters is 1. The molecule has 0 spiro atoms. The average Bonchev–Trinajstić information content (AvgIpc) is 2.84. The average molecular weight is 507 g/mol. The lowest BCUT2D eigenvalue weighted by molar-refractivity contribution is -0.142. The molecular weight excluding hydrogens is 456 g/mol.